The zero-order chi connectivity index (χ0) is 11.7. The van der Waals surface area contributed by atoms with Gasteiger partial charge in [-0.3, -0.25) is 4.79 Å². The number of esters is 1. The first-order valence-electron chi connectivity index (χ1n) is 5.92. The van der Waals surface area contributed by atoms with Crippen LogP contribution in [0.1, 0.15) is 52.9 Å². The molecule has 0 aliphatic heterocycles. The van der Waals surface area contributed by atoms with Gasteiger partial charge in [0.05, 0.1) is 0 Å². The van der Waals surface area contributed by atoms with Crippen molar-refractivity contribution in [3.8, 4) is 0 Å². The molecule has 2 atom stereocenters. The fourth-order valence-corrected chi connectivity index (χ4v) is 1.23. The first-order chi connectivity index (χ1) is 7.11. The van der Waals surface area contributed by atoms with E-state index in [4.69, 9.17) is 9.84 Å². The van der Waals surface area contributed by atoms with Crippen LogP contribution in [-0.2, 0) is 9.53 Å². The Labute approximate surface area is 92.8 Å². The number of aliphatic hydroxyl groups excluding tert-OH is 1. The van der Waals surface area contributed by atoms with Gasteiger partial charge in [0.1, 0.15) is 6.10 Å². The summed E-state index contributed by atoms with van der Waals surface area (Å²) in [4.78, 5) is 11.3. The Morgan fingerprint density at radius 1 is 1.27 bits per heavy atom. The summed E-state index contributed by atoms with van der Waals surface area (Å²) in [6.45, 7) is 5.90. The van der Waals surface area contributed by atoms with Crippen LogP contribution in [0, 0.1) is 5.92 Å². The van der Waals surface area contributed by atoms with Gasteiger partial charge in [-0.15, -0.1) is 0 Å². The fraction of sp³-hybridized carbons (Fsp3) is 0.917. The summed E-state index contributed by atoms with van der Waals surface area (Å²) in [5.74, 6) is -0.122. The van der Waals surface area contributed by atoms with Crippen molar-refractivity contribution in [1.82, 2.24) is 0 Å². The maximum absolute atomic E-state index is 11.3. The van der Waals surface area contributed by atoms with Gasteiger partial charge in [0.2, 0.25) is 0 Å². The van der Waals surface area contributed by atoms with Gasteiger partial charge in [0, 0.05) is 18.9 Å². The predicted molar refractivity (Wildman–Crippen MR) is 60.6 cm³/mol. The molecule has 0 aromatic rings. The molecule has 0 aromatic carbocycles. The van der Waals surface area contributed by atoms with Crippen molar-refractivity contribution in [3.63, 3.8) is 0 Å². The summed E-state index contributed by atoms with van der Waals surface area (Å²) in [5.41, 5.74) is 0. The van der Waals surface area contributed by atoms with Crippen LogP contribution in [-0.4, -0.2) is 23.8 Å². The summed E-state index contributed by atoms with van der Waals surface area (Å²) in [6.07, 6.45) is 4.67. The van der Waals surface area contributed by atoms with E-state index in [1.807, 2.05) is 13.8 Å². The summed E-state index contributed by atoms with van der Waals surface area (Å²) >= 11 is 0. The maximum Gasteiger partial charge on any atom is 0.306 e. The van der Waals surface area contributed by atoms with Gasteiger partial charge in [0.15, 0.2) is 0 Å². The first-order valence-corrected chi connectivity index (χ1v) is 5.92. The number of carbonyl (C=O) groups excluding carboxylic acids is 1. The van der Waals surface area contributed by atoms with Crippen LogP contribution in [0.4, 0.5) is 0 Å². The van der Waals surface area contributed by atoms with Crippen molar-refractivity contribution in [2.24, 2.45) is 5.92 Å². The van der Waals surface area contributed by atoms with E-state index in [1.54, 1.807) is 0 Å². The Morgan fingerprint density at radius 3 is 2.47 bits per heavy atom. The van der Waals surface area contributed by atoms with E-state index in [-0.39, 0.29) is 24.6 Å². The second-order valence-corrected chi connectivity index (χ2v) is 4.17. The zero-order valence-corrected chi connectivity index (χ0v) is 10.2. The Hall–Kier alpha value is -0.570. The number of unbranched alkanes of at least 4 members (excludes halogenated alkanes) is 3. The molecule has 0 heterocycles. The van der Waals surface area contributed by atoms with Crippen LogP contribution >= 0.6 is 0 Å². The number of hydrogen-bond donors (Lipinski definition) is 1. The second kappa shape index (κ2) is 8.72. The summed E-state index contributed by atoms with van der Waals surface area (Å²) in [5, 5.41) is 8.87. The first kappa shape index (κ1) is 14.4. The topological polar surface area (TPSA) is 46.5 Å². The third-order valence-corrected chi connectivity index (χ3v) is 2.64. The Bertz CT molecular complexity index is 168. The highest BCUT2D eigenvalue weighted by atomic mass is 16.5. The zero-order valence-electron chi connectivity index (χ0n) is 10.2. The molecule has 0 rings (SSSR count). The van der Waals surface area contributed by atoms with Crippen molar-refractivity contribution >= 4 is 5.97 Å². The third kappa shape index (κ3) is 7.37. The summed E-state index contributed by atoms with van der Waals surface area (Å²) in [6, 6.07) is 0. The van der Waals surface area contributed by atoms with Crippen LogP contribution in [0.2, 0.25) is 0 Å². The molecule has 0 fully saturated rings. The highest BCUT2D eigenvalue weighted by Gasteiger charge is 2.15. The molecular formula is C12H24O3. The minimum atomic E-state index is -0.186. The SMILES string of the molecule is CCCCCCC(=O)OC(C)C(C)CO. The number of ether oxygens (including phenoxy) is 1. The molecule has 3 nitrogen and oxygen atoms in total. The van der Waals surface area contributed by atoms with E-state index in [2.05, 4.69) is 6.92 Å². The number of rotatable bonds is 8. The van der Waals surface area contributed by atoms with Gasteiger partial charge in [-0.2, -0.15) is 0 Å². The number of hydrogen-bond acceptors (Lipinski definition) is 3. The van der Waals surface area contributed by atoms with Crippen molar-refractivity contribution in [2.45, 2.75) is 59.0 Å². The molecule has 0 saturated carbocycles. The molecule has 0 aliphatic rings. The lowest BCUT2D eigenvalue weighted by atomic mass is 10.1. The highest BCUT2D eigenvalue weighted by molar-refractivity contribution is 5.69. The molecule has 90 valence electrons. The lowest BCUT2D eigenvalue weighted by Crippen LogP contribution is -2.24. The lowest BCUT2D eigenvalue weighted by Gasteiger charge is -2.18. The molecule has 0 aromatic heterocycles. The largest absolute Gasteiger partial charge is 0.462 e. The fourth-order valence-electron chi connectivity index (χ4n) is 1.23. The minimum absolute atomic E-state index is 0.0181. The molecule has 0 radical (unpaired) electrons. The van der Waals surface area contributed by atoms with E-state index in [9.17, 15) is 4.79 Å². The molecule has 0 bridgehead atoms. The van der Waals surface area contributed by atoms with Gasteiger partial charge in [-0.05, 0) is 13.3 Å². The monoisotopic (exact) mass is 216 g/mol. The molecule has 15 heavy (non-hydrogen) atoms. The average Bonchev–Trinajstić information content (AvgIpc) is 2.23. The Balaban J connectivity index is 3.55. The van der Waals surface area contributed by atoms with Gasteiger partial charge in [-0.25, -0.2) is 0 Å². The number of aliphatic hydroxyl groups is 1. The van der Waals surface area contributed by atoms with E-state index in [0.717, 1.165) is 12.8 Å². The number of carbonyl (C=O) groups is 1. The summed E-state index contributed by atoms with van der Waals surface area (Å²) < 4.78 is 5.18. The molecule has 0 saturated heterocycles. The predicted octanol–water partition coefficient (Wildman–Crippen LogP) is 2.52. The van der Waals surface area contributed by atoms with Gasteiger partial charge in [0.25, 0.3) is 0 Å². The normalized spacial score (nSPS) is 14.7. The molecule has 0 spiro atoms. The standard InChI is InChI=1S/C12H24O3/c1-4-5-6-7-8-12(14)15-11(3)10(2)9-13/h10-11,13H,4-9H2,1-3H3. The van der Waals surface area contributed by atoms with E-state index in [1.165, 1.54) is 12.8 Å². The molecular weight excluding hydrogens is 192 g/mol. The van der Waals surface area contributed by atoms with Crippen LogP contribution < -0.4 is 0 Å². The van der Waals surface area contributed by atoms with Crippen LogP contribution in [0.15, 0.2) is 0 Å². The van der Waals surface area contributed by atoms with Crippen LogP contribution in [0.5, 0.6) is 0 Å². The maximum atomic E-state index is 11.3. The van der Waals surface area contributed by atoms with Crippen molar-refractivity contribution in [3.05, 3.63) is 0 Å². The summed E-state index contributed by atoms with van der Waals surface area (Å²) in [7, 11) is 0. The average molecular weight is 216 g/mol. The molecule has 3 heteroatoms. The van der Waals surface area contributed by atoms with Crippen LogP contribution in [0.25, 0.3) is 0 Å². The lowest BCUT2D eigenvalue weighted by molar-refractivity contribution is -0.151. The highest BCUT2D eigenvalue weighted by Crippen LogP contribution is 2.09. The second-order valence-electron chi connectivity index (χ2n) is 4.17. The van der Waals surface area contributed by atoms with Gasteiger partial charge < -0.3 is 9.84 Å². The Kier molecular flexibility index (Phi) is 8.38. The quantitative estimate of drug-likeness (QED) is 0.501. The van der Waals surface area contributed by atoms with Crippen LogP contribution in [0.3, 0.4) is 0 Å². The van der Waals surface area contributed by atoms with Crippen molar-refractivity contribution in [1.29, 1.82) is 0 Å². The third-order valence-electron chi connectivity index (χ3n) is 2.64. The van der Waals surface area contributed by atoms with Gasteiger partial charge >= 0.3 is 5.97 Å². The van der Waals surface area contributed by atoms with E-state index < -0.39 is 0 Å². The molecule has 0 amide bonds. The van der Waals surface area contributed by atoms with E-state index >= 15 is 0 Å². The molecule has 1 N–H and O–H groups in total. The molecule has 0 aliphatic carbocycles. The molecule has 2 unspecified atom stereocenters. The van der Waals surface area contributed by atoms with E-state index in [0.29, 0.717) is 6.42 Å². The smallest absolute Gasteiger partial charge is 0.306 e. The van der Waals surface area contributed by atoms with Gasteiger partial charge in [-0.1, -0.05) is 33.1 Å². The Morgan fingerprint density at radius 2 is 1.93 bits per heavy atom. The van der Waals surface area contributed by atoms with Crippen molar-refractivity contribution < 1.29 is 14.6 Å². The van der Waals surface area contributed by atoms with Crippen molar-refractivity contribution in [2.75, 3.05) is 6.61 Å². The minimum Gasteiger partial charge on any atom is -0.462 e.